The van der Waals surface area contributed by atoms with Gasteiger partial charge in [-0.1, -0.05) is 6.42 Å². The molecular formula is C12H18N4O. The molecule has 5 nitrogen and oxygen atoms in total. The van der Waals surface area contributed by atoms with Crippen LogP contribution in [0.3, 0.4) is 0 Å². The second-order valence-corrected chi connectivity index (χ2v) is 4.52. The van der Waals surface area contributed by atoms with E-state index in [2.05, 4.69) is 20.6 Å². The summed E-state index contributed by atoms with van der Waals surface area (Å²) in [5, 5.41) is 6.26. The van der Waals surface area contributed by atoms with E-state index < -0.39 is 0 Å². The summed E-state index contributed by atoms with van der Waals surface area (Å²) in [6.45, 7) is 2.83. The molecule has 5 heteroatoms. The molecule has 1 aliphatic rings. The quantitative estimate of drug-likeness (QED) is 0.784. The fourth-order valence-corrected chi connectivity index (χ4v) is 1.71. The SMILES string of the molecule is CC(=O)CNc1cc(NCC2CCC2)ncn1. The van der Waals surface area contributed by atoms with Crippen LogP contribution in [0.15, 0.2) is 12.4 Å². The smallest absolute Gasteiger partial charge is 0.148 e. The van der Waals surface area contributed by atoms with Crippen LogP contribution in [0.25, 0.3) is 0 Å². The molecule has 0 radical (unpaired) electrons. The highest BCUT2D eigenvalue weighted by Crippen LogP contribution is 2.26. The average molecular weight is 234 g/mol. The van der Waals surface area contributed by atoms with E-state index in [4.69, 9.17) is 0 Å². The van der Waals surface area contributed by atoms with Crippen molar-refractivity contribution < 1.29 is 4.79 Å². The van der Waals surface area contributed by atoms with Crippen LogP contribution >= 0.6 is 0 Å². The highest BCUT2D eigenvalue weighted by molar-refractivity contribution is 5.80. The maximum Gasteiger partial charge on any atom is 0.148 e. The van der Waals surface area contributed by atoms with Crippen LogP contribution < -0.4 is 10.6 Å². The Morgan fingerprint density at radius 1 is 1.35 bits per heavy atom. The van der Waals surface area contributed by atoms with Crippen LogP contribution in [0.2, 0.25) is 0 Å². The molecule has 0 amide bonds. The lowest BCUT2D eigenvalue weighted by Gasteiger charge is -2.25. The predicted octanol–water partition coefficient (Wildman–Crippen LogP) is 1.69. The minimum Gasteiger partial charge on any atom is -0.370 e. The molecule has 2 rings (SSSR count). The fourth-order valence-electron chi connectivity index (χ4n) is 1.71. The highest BCUT2D eigenvalue weighted by atomic mass is 16.1. The van der Waals surface area contributed by atoms with E-state index >= 15 is 0 Å². The minimum absolute atomic E-state index is 0.0904. The molecular weight excluding hydrogens is 216 g/mol. The van der Waals surface area contributed by atoms with Gasteiger partial charge >= 0.3 is 0 Å². The van der Waals surface area contributed by atoms with Gasteiger partial charge in [0.1, 0.15) is 23.7 Å². The van der Waals surface area contributed by atoms with Gasteiger partial charge in [-0.05, 0) is 25.7 Å². The average Bonchev–Trinajstić information content (AvgIpc) is 2.25. The third-order valence-corrected chi connectivity index (χ3v) is 2.98. The molecule has 2 N–H and O–H groups in total. The van der Waals surface area contributed by atoms with Gasteiger partial charge in [0.25, 0.3) is 0 Å². The topological polar surface area (TPSA) is 66.9 Å². The molecule has 1 aromatic rings. The number of carbonyl (C=O) groups is 1. The van der Waals surface area contributed by atoms with Gasteiger partial charge in [0, 0.05) is 12.6 Å². The zero-order chi connectivity index (χ0) is 12.1. The molecule has 0 aliphatic heterocycles. The van der Waals surface area contributed by atoms with Crippen molar-refractivity contribution >= 4 is 17.4 Å². The number of carbonyl (C=O) groups excluding carboxylic acids is 1. The molecule has 0 atom stereocenters. The molecule has 1 saturated carbocycles. The summed E-state index contributed by atoms with van der Waals surface area (Å²) >= 11 is 0. The maximum atomic E-state index is 10.8. The van der Waals surface area contributed by atoms with Gasteiger partial charge in [0.15, 0.2) is 0 Å². The number of aromatic nitrogens is 2. The molecule has 0 aromatic carbocycles. The van der Waals surface area contributed by atoms with Crippen LogP contribution in [-0.2, 0) is 4.79 Å². The van der Waals surface area contributed by atoms with E-state index in [9.17, 15) is 4.79 Å². The standard InChI is InChI=1S/C12H18N4O/c1-9(17)6-13-11-5-12(16-8-15-11)14-7-10-3-2-4-10/h5,8,10H,2-4,6-7H2,1H3,(H2,13,14,15,16). The molecule has 17 heavy (non-hydrogen) atoms. The Hall–Kier alpha value is -1.65. The second kappa shape index (κ2) is 5.61. The summed E-state index contributed by atoms with van der Waals surface area (Å²) in [5.74, 6) is 2.38. The Labute approximate surface area is 101 Å². The van der Waals surface area contributed by atoms with E-state index in [0.29, 0.717) is 12.4 Å². The van der Waals surface area contributed by atoms with Crippen LogP contribution in [0.5, 0.6) is 0 Å². The van der Waals surface area contributed by atoms with Crippen molar-refractivity contribution in [3.63, 3.8) is 0 Å². The van der Waals surface area contributed by atoms with Crippen LogP contribution in [-0.4, -0.2) is 28.8 Å². The number of nitrogens with one attached hydrogen (secondary N) is 2. The summed E-state index contributed by atoms with van der Waals surface area (Å²) in [6.07, 6.45) is 5.48. The molecule has 92 valence electrons. The highest BCUT2D eigenvalue weighted by Gasteiger charge is 2.16. The zero-order valence-electron chi connectivity index (χ0n) is 10.1. The minimum atomic E-state index is 0.0904. The van der Waals surface area contributed by atoms with Gasteiger partial charge in [-0.2, -0.15) is 0 Å². The van der Waals surface area contributed by atoms with E-state index in [1.54, 1.807) is 6.92 Å². The van der Waals surface area contributed by atoms with Crippen molar-refractivity contribution in [3.05, 3.63) is 12.4 Å². The normalized spacial score (nSPS) is 15.1. The van der Waals surface area contributed by atoms with Gasteiger partial charge in [0.05, 0.1) is 6.54 Å². The predicted molar refractivity (Wildman–Crippen MR) is 67.0 cm³/mol. The number of ketones is 1. The summed E-state index contributed by atoms with van der Waals surface area (Å²) in [7, 11) is 0. The molecule has 0 spiro atoms. The Kier molecular flexibility index (Phi) is 3.90. The number of Topliss-reactive ketones (excluding diaryl/α,β-unsaturated/α-hetero) is 1. The van der Waals surface area contributed by atoms with Gasteiger partial charge in [-0.25, -0.2) is 9.97 Å². The molecule has 1 heterocycles. The summed E-state index contributed by atoms with van der Waals surface area (Å²) in [5.41, 5.74) is 0. The Morgan fingerprint density at radius 3 is 2.65 bits per heavy atom. The monoisotopic (exact) mass is 234 g/mol. The van der Waals surface area contributed by atoms with Crippen LogP contribution in [0, 0.1) is 5.92 Å². The first-order valence-corrected chi connectivity index (χ1v) is 6.03. The third kappa shape index (κ3) is 3.69. The Balaban J connectivity index is 1.84. The molecule has 1 aromatic heterocycles. The first-order valence-electron chi connectivity index (χ1n) is 6.03. The van der Waals surface area contributed by atoms with Crippen molar-refractivity contribution in [2.45, 2.75) is 26.2 Å². The zero-order valence-corrected chi connectivity index (χ0v) is 10.1. The molecule has 1 aliphatic carbocycles. The number of anilines is 2. The summed E-state index contributed by atoms with van der Waals surface area (Å²) < 4.78 is 0. The van der Waals surface area contributed by atoms with Crippen molar-refractivity contribution in [1.82, 2.24) is 9.97 Å². The van der Waals surface area contributed by atoms with Crippen LogP contribution in [0.1, 0.15) is 26.2 Å². The molecule has 1 fully saturated rings. The number of nitrogens with zero attached hydrogens (tertiary/aromatic N) is 2. The van der Waals surface area contributed by atoms with E-state index in [1.807, 2.05) is 6.07 Å². The number of hydrogen-bond donors (Lipinski definition) is 2. The first-order chi connectivity index (χ1) is 8.24. The molecule has 0 unspecified atom stereocenters. The third-order valence-electron chi connectivity index (χ3n) is 2.98. The molecule has 0 bridgehead atoms. The van der Waals surface area contributed by atoms with Crippen molar-refractivity contribution in [2.75, 3.05) is 23.7 Å². The van der Waals surface area contributed by atoms with Crippen LogP contribution in [0.4, 0.5) is 11.6 Å². The second-order valence-electron chi connectivity index (χ2n) is 4.52. The van der Waals surface area contributed by atoms with Crippen molar-refractivity contribution in [2.24, 2.45) is 5.92 Å². The van der Waals surface area contributed by atoms with Gasteiger partial charge in [-0.3, -0.25) is 4.79 Å². The van der Waals surface area contributed by atoms with E-state index in [1.165, 1.54) is 25.6 Å². The van der Waals surface area contributed by atoms with Crippen molar-refractivity contribution in [3.8, 4) is 0 Å². The Bertz CT molecular complexity index is 390. The lowest BCUT2D eigenvalue weighted by atomic mass is 9.85. The van der Waals surface area contributed by atoms with Crippen molar-refractivity contribution in [1.29, 1.82) is 0 Å². The molecule has 0 saturated heterocycles. The lowest BCUT2D eigenvalue weighted by Crippen LogP contribution is -2.21. The number of rotatable bonds is 6. The van der Waals surface area contributed by atoms with Gasteiger partial charge in [0.2, 0.25) is 0 Å². The fraction of sp³-hybridized carbons (Fsp3) is 0.583. The Morgan fingerprint density at radius 2 is 2.06 bits per heavy atom. The summed E-state index contributed by atoms with van der Waals surface area (Å²) in [6, 6.07) is 1.83. The summed E-state index contributed by atoms with van der Waals surface area (Å²) in [4.78, 5) is 19.0. The number of hydrogen-bond acceptors (Lipinski definition) is 5. The largest absolute Gasteiger partial charge is 0.370 e. The maximum absolute atomic E-state index is 10.8. The van der Waals surface area contributed by atoms with E-state index in [0.717, 1.165) is 18.3 Å². The van der Waals surface area contributed by atoms with E-state index in [-0.39, 0.29) is 5.78 Å². The van der Waals surface area contributed by atoms with Gasteiger partial charge < -0.3 is 10.6 Å². The van der Waals surface area contributed by atoms with Gasteiger partial charge in [-0.15, -0.1) is 0 Å². The lowest BCUT2D eigenvalue weighted by molar-refractivity contribution is -0.115. The first kappa shape index (κ1) is 11.8.